The van der Waals surface area contributed by atoms with Gasteiger partial charge in [-0.2, -0.15) is 0 Å². The van der Waals surface area contributed by atoms with Gasteiger partial charge in [0, 0.05) is 6.42 Å². The molecule has 68 valence electrons. The molecule has 0 radical (unpaired) electrons. The van der Waals surface area contributed by atoms with Crippen molar-refractivity contribution >= 4 is 17.7 Å². The van der Waals surface area contributed by atoms with Gasteiger partial charge in [0.2, 0.25) is 0 Å². The van der Waals surface area contributed by atoms with Crippen LogP contribution >= 0.6 is 0 Å². The number of rotatable bonds is 5. The average molecular weight is 175 g/mol. The van der Waals surface area contributed by atoms with Gasteiger partial charge in [0.05, 0.1) is 6.04 Å². The molecule has 0 saturated heterocycles. The SMILES string of the molecule is N[C@@H](CCC(=O)O)C(=O)C(=O)O. The van der Waals surface area contributed by atoms with Gasteiger partial charge in [-0.25, -0.2) is 4.79 Å². The molecule has 0 aromatic rings. The van der Waals surface area contributed by atoms with E-state index in [9.17, 15) is 14.4 Å². The third-order valence-corrected chi connectivity index (χ3v) is 1.22. The van der Waals surface area contributed by atoms with E-state index in [1.54, 1.807) is 0 Å². The Hall–Kier alpha value is -1.43. The quantitative estimate of drug-likeness (QED) is 0.453. The molecule has 0 aliphatic heterocycles. The van der Waals surface area contributed by atoms with E-state index in [1.807, 2.05) is 0 Å². The van der Waals surface area contributed by atoms with Gasteiger partial charge in [0.1, 0.15) is 0 Å². The van der Waals surface area contributed by atoms with Crippen molar-refractivity contribution in [1.29, 1.82) is 0 Å². The van der Waals surface area contributed by atoms with E-state index in [2.05, 4.69) is 0 Å². The summed E-state index contributed by atoms with van der Waals surface area (Å²) in [5.41, 5.74) is 5.07. The first-order valence-electron chi connectivity index (χ1n) is 3.19. The molecule has 0 aromatic carbocycles. The summed E-state index contributed by atoms with van der Waals surface area (Å²) in [6.45, 7) is 0. The Labute approximate surface area is 68.0 Å². The smallest absolute Gasteiger partial charge is 0.373 e. The van der Waals surface area contributed by atoms with Crippen molar-refractivity contribution < 1.29 is 24.6 Å². The Morgan fingerprint density at radius 3 is 2.08 bits per heavy atom. The summed E-state index contributed by atoms with van der Waals surface area (Å²) in [7, 11) is 0. The van der Waals surface area contributed by atoms with E-state index >= 15 is 0 Å². The molecule has 1 atom stereocenters. The molecule has 0 aromatic heterocycles. The van der Waals surface area contributed by atoms with E-state index in [1.165, 1.54) is 0 Å². The lowest BCUT2D eigenvalue weighted by Gasteiger charge is -2.03. The van der Waals surface area contributed by atoms with Crippen LogP contribution in [0.2, 0.25) is 0 Å². The van der Waals surface area contributed by atoms with Crippen molar-refractivity contribution in [2.45, 2.75) is 18.9 Å². The van der Waals surface area contributed by atoms with Crippen LogP contribution in [0.15, 0.2) is 0 Å². The number of carboxylic acid groups (broad SMARTS) is 2. The fourth-order valence-corrected chi connectivity index (χ4v) is 0.569. The standard InChI is InChI=1S/C6H9NO5/c7-3(1-2-4(8)9)5(10)6(11)12/h3H,1-2,7H2,(H,8,9)(H,11,12)/t3-/m0/s1. The van der Waals surface area contributed by atoms with Crippen LogP contribution in [0.3, 0.4) is 0 Å². The fourth-order valence-electron chi connectivity index (χ4n) is 0.569. The molecule has 0 aliphatic rings. The maximum absolute atomic E-state index is 10.5. The second-order valence-corrected chi connectivity index (χ2v) is 2.21. The normalized spacial score (nSPS) is 12.1. The monoisotopic (exact) mass is 175 g/mol. The number of carboxylic acids is 2. The first-order valence-corrected chi connectivity index (χ1v) is 3.19. The number of ketones is 1. The maximum Gasteiger partial charge on any atom is 0.373 e. The van der Waals surface area contributed by atoms with Crippen molar-refractivity contribution in [2.75, 3.05) is 0 Å². The largest absolute Gasteiger partial charge is 0.481 e. The van der Waals surface area contributed by atoms with Gasteiger partial charge in [0.15, 0.2) is 0 Å². The predicted octanol–water partition coefficient (Wildman–Crippen LogP) is -1.17. The lowest BCUT2D eigenvalue weighted by Crippen LogP contribution is -2.36. The molecule has 0 rings (SSSR count). The molecule has 0 saturated carbocycles. The van der Waals surface area contributed by atoms with E-state index < -0.39 is 23.8 Å². The summed E-state index contributed by atoms with van der Waals surface area (Å²) in [5, 5.41) is 16.3. The highest BCUT2D eigenvalue weighted by Crippen LogP contribution is 1.95. The Balaban J connectivity index is 3.87. The number of carbonyl (C=O) groups excluding carboxylic acids is 1. The van der Waals surface area contributed by atoms with Crippen molar-refractivity contribution in [3.63, 3.8) is 0 Å². The molecule has 0 unspecified atom stereocenters. The molecule has 6 nitrogen and oxygen atoms in total. The minimum Gasteiger partial charge on any atom is -0.481 e. The summed E-state index contributed by atoms with van der Waals surface area (Å²) in [4.78, 5) is 30.5. The highest BCUT2D eigenvalue weighted by atomic mass is 16.4. The minimum atomic E-state index is -1.63. The molecule has 0 bridgehead atoms. The maximum atomic E-state index is 10.5. The van der Waals surface area contributed by atoms with Gasteiger partial charge in [-0.3, -0.25) is 9.59 Å². The van der Waals surface area contributed by atoms with Crippen LogP contribution in [0.25, 0.3) is 0 Å². The third-order valence-electron chi connectivity index (χ3n) is 1.22. The number of hydrogen-bond acceptors (Lipinski definition) is 4. The Kier molecular flexibility index (Phi) is 3.92. The first kappa shape index (κ1) is 10.6. The molecule has 6 heteroatoms. The summed E-state index contributed by atoms with van der Waals surface area (Å²) >= 11 is 0. The molecule has 0 aliphatic carbocycles. The van der Waals surface area contributed by atoms with Gasteiger partial charge in [-0.05, 0) is 6.42 Å². The molecular formula is C6H9NO5. The van der Waals surface area contributed by atoms with Gasteiger partial charge in [-0.1, -0.05) is 0 Å². The van der Waals surface area contributed by atoms with Crippen LogP contribution in [0.4, 0.5) is 0 Å². The van der Waals surface area contributed by atoms with Gasteiger partial charge < -0.3 is 15.9 Å². The van der Waals surface area contributed by atoms with Gasteiger partial charge in [0.25, 0.3) is 5.78 Å². The van der Waals surface area contributed by atoms with Crippen LogP contribution in [0.5, 0.6) is 0 Å². The summed E-state index contributed by atoms with van der Waals surface area (Å²) in [6.07, 6.45) is -0.458. The van der Waals surface area contributed by atoms with Crippen LogP contribution in [-0.4, -0.2) is 34.0 Å². The van der Waals surface area contributed by atoms with E-state index in [4.69, 9.17) is 15.9 Å². The second-order valence-electron chi connectivity index (χ2n) is 2.21. The molecule has 0 heterocycles. The number of carbonyl (C=O) groups is 3. The number of hydrogen-bond donors (Lipinski definition) is 3. The first-order chi connectivity index (χ1) is 5.45. The Morgan fingerprint density at radius 2 is 1.75 bits per heavy atom. The minimum absolute atomic E-state index is 0.152. The predicted molar refractivity (Wildman–Crippen MR) is 37.5 cm³/mol. The lowest BCUT2D eigenvalue weighted by molar-refractivity contribution is -0.150. The van der Waals surface area contributed by atoms with Crippen molar-refractivity contribution in [3.05, 3.63) is 0 Å². The van der Waals surface area contributed by atoms with E-state index in [-0.39, 0.29) is 12.8 Å². The lowest BCUT2D eigenvalue weighted by atomic mass is 10.1. The number of aliphatic carboxylic acids is 2. The van der Waals surface area contributed by atoms with Crippen LogP contribution < -0.4 is 5.73 Å². The zero-order chi connectivity index (χ0) is 9.72. The summed E-state index contributed by atoms with van der Waals surface area (Å²) < 4.78 is 0. The van der Waals surface area contributed by atoms with Crippen molar-refractivity contribution in [1.82, 2.24) is 0 Å². The number of Topliss-reactive ketones (excluding diaryl/α,β-unsaturated/α-hetero) is 1. The highest BCUT2D eigenvalue weighted by Gasteiger charge is 2.21. The number of nitrogens with two attached hydrogens (primary N) is 1. The van der Waals surface area contributed by atoms with Crippen molar-refractivity contribution in [3.8, 4) is 0 Å². The molecule has 0 spiro atoms. The van der Waals surface area contributed by atoms with Crippen LogP contribution in [-0.2, 0) is 14.4 Å². The van der Waals surface area contributed by atoms with Crippen LogP contribution in [0.1, 0.15) is 12.8 Å². The molecule has 4 N–H and O–H groups in total. The van der Waals surface area contributed by atoms with Gasteiger partial charge in [-0.15, -0.1) is 0 Å². The Bertz CT molecular complexity index is 212. The molecule has 0 amide bonds. The summed E-state index contributed by atoms with van der Waals surface area (Å²) in [5.74, 6) is -3.90. The molecular weight excluding hydrogens is 166 g/mol. The van der Waals surface area contributed by atoms with Crippen LogP contribution in [0, 0.1) is 0 Å². The summed E-state index contributed by atoms with van der Waals surface area (Å²) in [6, 6.07) is -1.22. The van der Waals surface area contributed by atoms with Gasteiger partial charge >= 0.3 is 11.9 Å². The zero-order valence-corrected chi connectivity index (χ0v) is 6.19. The highest BCUT2D eigenvalue weighted by molar-refractivity contribution is 6.34. The second kappa shape index (κ2) is 4.45. The topological polar surface area (TPSA) is 118 Å². The molecule has 0 fully saturated rings. The van der Waals surface area contributed by atoms with Crippen molar-refractivity contribution in [2.24, 2.45) is 5.73 Å². The van der Waals surface area contributed by atoms with E-state index in [0.717, 1.165) is 0 Å². The fraction of sp³-hybridized carbons (Fsp3) is 0.500. The average Bonchev–Trinajstić information content (AvgIpc) is 1.98. The Morgan fingerprint density at radius 1 is 1.25 bits per heavy atom. The zero-order valence-electron chi connectivity index (χ0n) is 6.19. The van der Waals surface area contributed by atoms with E-state index in [0.29, 0.717) is 0 Å². The molecule has 12 heavy (non-hydrogen) atoms. The third kappa shape index (κ3) is 3.67.